The number of hydrogen-bond donors (Lipinski definition) is 0. The van der Waals surface area contributed by atoms with Crippen molar-refractivity contribution < 1.29 is 8.42 Å². The maximum atomic E-state index is 12.9. The highest BCUT2D eigenvalue weighted by molar-refractivity contribution is 7.89. The monoisotopic (exact) mass is 352 g/mol. The summed E-state index contributed by atoms with van der Waals surface area (Å²) in [6.07, 6.45) is 2.49. The highest BCUT2D eigenvalue weighted by Crippen LogP contribution is 2.30. The van der Waals surface area contributed by atoms with Gasteiger partial charge in [-0.3, -0.25) is 0 Å². The fourth-order valence-electron chi connectivity index (χ4n) is 3.35. The summed E-state index contributed by atoms with van der Waals surface area (Å²) in [4.78, 5) is 4.47. The van der Waals surface area contributed by atoms with Gasteiger partial charge >= 0.3 is 0 Å². The van der Waals surface area contributed by atoms with Crippen LogP contribution in [0.15, 0.2) is 59.8 Å². The first-order valence-corrected chi connectivity index (χ1v) is 9.46. The molecule has 7 heteroatoms. The van der Waals surface area contributed by atoms with Crippen molar-refractivity contribution in [3.8, 4) is 6.07 Å². The Hall–Kier alpha value is -2.69. The summed E-state index contributed by atoms with van der Waals surface area (Å²) in [5.41, 5.74) is 2.09. The number of benzene rings is 2. The lowest BCUT2D eigenvalue weighted by Gasteiger charge is -2.18. The maximum Gasteiger partial charge on any atom is 0.244 e. The summed E-state index contributed by atoms with van der Waals surface area (Å²) in [6, 6.07) is 16.2. The maximum absolute atomic E-state index is 12.9. The van der Waals surface area contributed by atoms with Crippen molar-refractivity contribution in [3.05, 3.63) is 60.4 Å². The highest BCUT2D eigenvalue weighted by atomic mass is 32.2. The van der Waals surface area contributed by atoms with E-state index in [4.69, 9.17) is 0 Å². The lowest BCUT2D eigenvalue weighted by Crippen LogP contribution is -2.29. The Morgan fingerprint density at radius 2 is 1.88 bits per heavy atom. The van der Waals surface area contributed by atoms with Crippen LogP contribution in [-0.4, -0.2) is 35.4 Å². The average molecular weight is 352 g/mol. The van der Waals surface area contributed by atoms with Gasteiger partial charge in [-0.15, -0.1) is 0 Å². The number of rotatable bonds is 3. The van der Waals surface area contributed by atoms with Gasteiger partial charge in [0.1, 0.15) is 6.07 Å². The topological polar surface area (TPSA) is 79.0 Å². The van der Waals surface area contributed by atoms with Crippen LogP contribution in [-0.2, 0) is 10.0 Å². The fraction of sp³-hybridized carbons (Fsp3) is 0.222. The molecule has 0 N–H and O–H groups in total. The Bertz CT molecular complexity index is 1080. The normalized spacial score (nSPS) is 18.4. The van der Waals surface area contributed by atoms with Crippen LogP contribution < -0.4 is 0 Å². The summed E-state index contributed by atoms with van der Waals surface area (Å²) in [7, 11) is -3.68. The second-order valence-electron chi connectivity index (χ2n) is 6.05. The van der Waals surface area contributed by atoms with E-state index in [0.29, 0.717) is 19.5 Å². The summed E-state index contributed by atoms with van der Waals surface area (Å²) < 4.78 is 29.4. The van der Waals surface area contributed by atoms with Crippen molar-refractivity contribution in [2.24, 2.45) is 0 Å². The zero-order chi connectivity index (χ0) is 17.4. The minimum atomic E-state index is -3.68. The van der Waals surface area contributed by atoms with E-state index in [1.54, 1.807) is 18.5 Å². The van der Waals surface area contributed by atoms with E-state index >= 15 is 0 Å². The van der Waals surface area contributed by atoms with Gasteiger partial charge < -0.3 is 4.57 Å². The number of hydrogen-bond acceptors (Lipinski definition) is 4. The number of sulfonamides is 1. The Kier molecular flexibility index (Phi) is 3.79. The second kappa shape index (κ2) is 5.99. The molecule has 0 spiro atoms. The summed E-state index contributed by atoms with van der Waals surface area (Å²) in [5, 5.41) is 9.20. The van der Waals surface area contributed by atoms with Gasteiger partial charge in [0, 0.05) is 13.1 Å². The quantitative estimate of drug-likeness (QED) is 0.726. The molecule has 1 unspecified atom stereocenters. The molecular weight excluding hydrogens is 336 g/mol. The first kappa shape index (κ1) is 15.8. The Labute approximate surface area is 146 Å². The summed E-state index contributed by atoms with van der Waals surface area (Å²) in [5.74, 6) is 0. The molecule has 126 valence electrons. The average Bonchev–Trinajstić information content (AvgIpc) is 3.28. The molecule has 6 nitrogen and oxygen atoms in total. The Morgan fingerprint density at radius 1 is 1.12 bits per heavy atom. The van der Waals surface area contributed by atoms with Crippen LogP contribution in [0.2, 0.25) is 0 Å². The van der Waals surface area contributed by atoms with Crippen LogP contribution in [0.3, 0.4) is 0 Å². The van der Waals surface area contributed by atoms with Crippen LogP contribution in [0, 0.1) is 11.3 Å². The van der Waals surface area contributed by atoms with Crippen LogP contribution in [0.1, 0.15) is 18.0 Å². The van der Waals surface area contributed by atoms with E-state index in [9.17, 15) is 13.7 Å². The van der Waals surface area contributed by atoms with Crippen molar-refractivity contribution in [2.75, 3.05) is 13.1 Å². The van der Waals surface area contributed by atoms with Crippen LogP contribution in [0.25, 0.3) is 11.0 Å². The molecule has 0 aliphatic carbocycles. The minimum absolute atomic E-state index is 0.0384. The van der Waals surface area contributed by atoms with E-state index < -0.39 is 10.0 Å². The van der Waals surface area contributed by atoms with E-state index in [-0.39, 0.29) is 16.5 Å². The molecule has 1 aromatic heterocycles. The third-order valence-corrected chi connectivity index (χ3v) is 6.55. The molecule has 1 saturated heterocycles. The number of fused-ring (bicyclic) bond motifs is 1. The fourth-order valence-corrected chi connectivity index (χ4v) is 4.98. The molecule has 3 aromatic rings. The van der Waals surface area contributed by atoms with Gasteiger partial charge in [-0.2, -0.15) is 9.57 Å². The van der Waals surface area contributed by atoms with Crippen molar-refractivity contribution in [3.63, 3.8) is 0 Å². The molecular formula is C18H16N4O2S. The molecule has 2 heterocycles. The second-order valence-corrected chi connectivity index (χ2v) is 7.96. The molecule has 1 aliphatic heterocycles. The van der Waals surface area contributed by atoms with Gasteiger partial charge in [-0.25, -0.2) is 13.4 Å². The summed E-state index contributed by atoms with van der Waals surface area (Å²) in [6.45, 7) is 0.807. The molecule has 0 amide bonds. The van der Waals surface area contributed by atoms with Crippen molar-refractivity contribution in [1.82, 2.24) is 13.9 Å². The molecule has 1 fully saturated rings. The molecule has 0 saturated carbocycles. The van der Waals surface area contributed by atoms with E-state index in [1.165, 1.54) is 16.4 Å². The van der Waals surface area contributed by atoms with Crippen LogP contribution in [0.4, 0.5) is 0 Å². The van der Waals surface area contributed by atoms with E-state index in [1.807, 2.05) is 34.9 Å². The Balaban J connectivity index is 1.65. The zero-order valence-corrected chi connectivity index (χ0v) is 14.2. The lowest BCUT2D eigenvalue weighted by molar-refractivity contribution is 0.454. The SMILES string of the molecule is N#Cc1ccccc1S(=O)(=O)N1CCC(n2cnc3ccccc32)C1. The predicted octanol–water partition coefficient (Wildman–Crippen LogP) is 2.54. The molecule has 1 atom stereocenters. The van der Waals surface area contributed by atoms with Gasteiger partial charge in [0.25, 0.3) is 0 Å². The number of imidazole rings is 1. The van der Waals surface area contributed by atoms with Gasteiger partial charge in [-0.05, 0) is 30.7 Å². The number of nitriles is 1. The van der Waals surface area contributed by atoms with Gasteiger partial charge in [-0.1, -0.05) is 24.3 Å². The molecule has 0 radical (unpaired) electrons. The number of nitrogens with zero attached hydrogens (tertiary/aromatic N) is 4. The largest absolute Gasteiger partial charge is 0.326 e. The first-order valence-electron chi connectivity index (χ1n) is 8.02. The van der Waals surface area contributed by atoms with Crippen LogP contribution in [0.5, 0.6) is 0 Å². The van der Waals surface area contributed by atoms with Crippen molar-refractivity contribution in [1.29, 1.82) is 5.26 Å². The number of para-hydroxylation sites is 2. The molecule has 4 rings (SSSR count). The van der Waals surface area contributed by atoms with Gasteiger partial charge in [0.15, 0.2) is 0 Å². The Morgan fingerprint density at radius 3 is 2.72 bits per heavy atom. The summed E-state index contributed by atoms with van der Waals surface area (Å²) >= 11 is 0. The molecule has 25 heavy (non-hydrogen) atoms. The molecule has 2 aromatic carbocycles. The van der Waals surface area contributed by atoms with Crippen molar-refractivity contribution in [2.45, 2.75) is 17.4 Å². The minimum Gasteiger partial charge on any atom is -0.326 e. The predicted molar refractivity (Wildman–Crippen MR) is 93.3 cm³/mol. The number of aromatic nitrogens is 2. The third kappa shape index (κ3) is 2.60. The lowest BCUT2D eigenvalue weighted by atomic mass is 10.2. The van der Waals surface area contributed by atoms with E-state index in [2.05, 4.69) is 4.98 Å². The smallest absolute Gasteiger partial charge is 0.244 e. The van der Waals surface area contributed by atoms with E-state index in [0.717, 1.165) is 11.0 Å². The molecule has 1 aliphatic rings. The van der Waals surface area contributed by atoms with Crippen molar-refractivity contribution >= 4 is 21.1 Å². The third-order valence-electron chi connectivity index (χ3n) is 4.63. The van der Waals surface area contributed by atoms with Crippen LogP contribution >= 0.6 is 0 Å². The highest BCUT2D eigenvalue weighted by Gasteiger charge is 2.34. The zero-order valence-electron chi connectivity index (χ0n) is 13.4. The van der Waals surface area contributed by atoms with Gasteiger partial charge in [0.05, 0.1) is 33.9 Å². The van der Waals surface area contributed by atoms with Gasteiger partial charge in [0.2, 0.25) is 10.0 Å². The molecule has 0 bridgehead atoms. The first-order chi connectivity index (χ1) is 12.1. The standard InChI is InChI=1S/C18H16N4O2S/c19-11-14-5-1-4-8-18(14)25(23,24)21-10-9-15(12-21)22-13-20-16-6-2-3-7-17(16)22/h1-8,13,15H,9-10,12H2.